The van der Waals surface area contributed by atoms with Crippen LogP contribution in [0.25, 0.3) is 0 Å². The lowest BCUT2D eigenvalue weighted by atomic mass is 10.2. The largest absolute Gasteiger partial charge is 0.477 e. The van der Waals surface area contributed by atoms with Gasteiger partial charge >= 0.3 is 0 Å². The van der Waals surface area contributed by atoms with Gasteiger partial charge in [-0.1, -0.05) is 6.07 Å². The van der Waals surface area contributed by atoms with E-state index in [-0.39, 0.29) is 11.4 Å². The summed E-state index contributed by atoms with van der Waals surface area (Å²) in [5, 5.41) is 0. The van der Waals surface area contributed by atoms with E-state index in [2.05, 4.69) is 9.97 Å². The van der Waals surface area contributed by atoms with E-state index in [9.17, 15) is 4.79 Å². The minimum absolute atomic E-state index is 0.182. The third-order valence-corrected chi connectivity index (χ3v) is 2.46. The average molecular weight is 258 g/mol. The number of hydrogen-bond acceptors (Lipinski definition) is 5. The number of anilines is 1. The molecule has 1 amide bonds. The molecule has 0 atom stereocenters. The van der Waals surface area contributed by atoms with Crippen molar-refractivity contribution < 1.29 is 9.53 Å². The average Bonchev–Trinajstić information content (AvgIpc) is 2.41. The van der Waals surface area contributed by atoms with Gasteiger partial charge in [0.2, 0.25) is 5.88 Å². The van der Waals surface area contributed by atoms with Crippen LogP contribution in [0.5, 0.6) is 5.88 Å². The fourth-order valence-electron chi connectivity index (χ4n) is 1.56. The van der Waals surface area contributed by atoms with Gasteiger partial charge in [-0.05, 0) is 18.2 Å². The molecule has 6 nitrogen and oxygen atoms in total. The lowest BCUT2D eigenvalue weighted by molar-refractivity contribution is 0.0995. The van der Waals surface area contributed by atoms with Gasteiger partial charge in [0.1, 0.15) is 5.56 Å². The Hall–Kier alpha value is -2.63. The van der Waals surface area contributed by atoms with Crippen LogP contribution in [0.4, 0.5) is 5.69 Å². The van der Waals surface area contributed by atoms with Crippen LogP contribution in [0.2, 0.25) is 0 Å². The zero-order valence-corrected chi connectivity index (χ0v) is 10.2. The minimum atomic E-state index is -0.618. The number of hydrogen-bond donors (Lipinski definition) is 2. The Kier molecular flexibility index (Phi) is 3.92. The van der Waals surface area contributed by atoms with Crippen molar-refractivity contribution in [1.82, 2.24) is 9.97 Å². The normalized spacial score (nSPS) is 10.1. The molecule has 0 saturated heterocycles. The van der Waals surface area contributed by atoms with Gasteiger partial charge in [0.05, 0.1) is 18.5 Å². The number of ether oxygens (including phenoxy) is 1. The van der Waals surface area contributed by atoms with Crippen molar-refractivity contribution in [1.29, 1.82) is 0 Å². The van der Waals surface area contributed by atoms with Crippen molar-refractivity contribution in [3.8, 4) is 5.88 Å². The summed E-state index contributed by atoms with van der Waals surface area (Å²) in [5.74, 6) is -0.426. The zero-order valence-electron chi connectivity index (χ0n) is 10.2. The van der Waals surface area contributed by atoms with Crippen LogP contribution >= 0.6 is 0 Å². The molecule has 0 unspecified atom stereocenters. The highest BCUT2D eigenvalue weighted by molar-refractivity contribution is 5.95. The van der Waals surface area contributed by atoms with Crippen molar-refractivity contribution in [2.24, 2.45) is 5.73 Å². The third-order valence-electron chi connectivity index (χ3n) is 2.46. The van der Waals surface area contributed by atoms with Gasteiger partial charge in [-0.3, -0.25) is 9.78 Å². The molecule has 2 aromatic heterocycles. The number of nitrogens with two attached hydrogens (primary N) is 2. The standard InChI is InChI=1S/C13H14N4O2/c14-9-7-11(12(15)18)13(17-8-9)19-6-4-10-3-1-2-5-16-10/h1-3,5,7-8H,4,6,14H2,(H2,15,18). The molecule has 0 aliphatic carbocycles. The maximum Gasteiger partial charge on any atom is 0.254 e. The molecule has 4 N–H and O–H groups in total. The van der Waals surface area contributed by atoms with E-state index < -0.39 is 5.91 Å². The van der Waals surface area contributed by atoms with Gasteiger partial charge in [0, 0.05) is 18.3 Å². The minimum Gasteiger partial charge on any atom is -0.477 e. The van der Waals surface area contributed by atoms with Crippen molar-refractivity contribution in [2.75, 3.05) is 12.3 Å². The van der Waals surface area contributed by atoms with Crippen molar-refractivity contribution in [3.63, 3.8) is 0 Å². The van der Waals surface area contributed by atoms with Crippen molar-refractivity contribution >= 4 is 11.6 Å². The van der Waals surface area contributed by atoms with Crippen LogP contribution in [0.1, 0.15) is 16.1 Å². The molecule has 98 valence electrons. The van der Waals surface area contributed by atoms with Crippen LogP contribution in [0.3, 0.4) is 0 Å². The summed E-state index contributed by atoms with van der Waals surface area (Å²) < 4.78 is 5.45. The quantitative estimate of drug-likeness (QED) is 0.824. The number of amides is 1. The van der Waals surface area contributed by atoms with Crippen LogP contribution in [0, 0.1) is 0 Å². The van der Waals surface area contributed by atoms with Crippen molar-refractivity contribution in [3.05, 3.63) is 47.9 Å². The second-order valence-corrected chi connectivity index (χ2v) is 3.91. The molecule has 6 heteroatoms. The maximum atomic E-state index is 11.2. The van der Waals surface area contributed by atoms with Gasteiger partial charge in [-0.25, -0.2) is 4.98 Å². The predicted molar refractivity (Wildman–Crippen MR) is 70.6 cm³/mol. The Morgan fingerprint density at radius 1 is 1.32 bits per heavy atom. The Morgan fingerprint density at radius 3 is 2.84 bits per heavy atom. The van der Waals surface area contributed by atoms with E-state index in [0.29, 0.717) is 18.7 Å². The molecule has 0 bridgehead atoms. The van der Waals surface area contributed by atoms with E-state index in [1.165, 1.54) is 12.3 Å². The maximum absolute atomic E-state index is 11.2. The smallest absolute Gasteiger partial charge is 0.254 e. The van der Waals surface area contributed by atoms with Gasteiger partial charge in [0.15, 0.2) is 0 Å². The lowest BCUT2D eigenvalue weighted by Gasteiger charge is -2.08. The number of pyridine rings is 2. The number of nitrogens with zero attached hydrogens (tertiary/aromatic N) is 2. The molecule has 2 heterocycles. The summed E-state index contributed by atoms with van der Waals surface area (Å²) in [7, 11) is 0. The Morgan fingerprint density at radius 2 is 2.16 bits per heavy atom. The van der Waals surface area contributed by atoms with Gasteiger partial charge in [-0.15, -0.1) is 0 Å². The van der Waals surface area contributed by atoms with E-state index in [4.69, 9.17) is 16.2 Å². The first-order valence-electron chi connectivity index (χ1n) is 5.75. The van der Waals surface area contributed by atoms with Gasteiger partial charge < -0.3 is 16.2 Å². The summed E-state index contributed by atoms with van der Waals surface area (Å²) in [6.45, 7) is 0.355. The molecule has 2 aromatic rings. The molecule has 0 radical (unpaired) electrons. The Balaban J connectivity index is 2.02. The lowest BCUT2D eigenvalue weighted by Crippen LogP contribution is -2.15. The monoisotopic (exact) mass is 258 g/mol. The molecule has 2 rings (SSSR count). The molecule has 0 spiro atoms. The summed E-state index contributed by atoms with van der Waals surface area (Å²) in [4.78, 5) is 19.4. The third kappa shape index (κ3) is 3.41. The first-order valence-corrected chi connectivity index (χ1v) is 5.75. The highest BCUT2D eigenvalue weighted by Crippen LogP contribution is 2.17. The van der Waals surface area contributed by atoms with E-state index in [0.717, 1.165) is 5.69 Å². The first-order chi connectivity index (χ1) is 9.16. The number of rotatable bonds is 5. The Labute approximate surface area is 110 Å². The second-order valence-electron chi connectivity index (χ2n) is 3.91. The molecule has 0 aliphatic heterocycles. The predicted octanol–water partition coefficient (Wildman–Crippen LogP) is 0.779. The molecule has 0 aromatic carbocycles. The van der Waals surface area contributed by atoms with E-state index in [1.54, 1.807) is 6.20 Å². The van der Waals surface area contributed by atoms with Gasteiger partial charge in [0.25, 0.3) is 5.91 Å². The number of nitrogen functional groups attached to an aromatic ring is 1. The van der Waals surface area contributed by atoms with Crippen molar-refractivity contribution in [2.45, 2.75) is 6.42 Å². The van der Waals surface area contributed by atoms with Crippen LogP contribution < -0.4 is 16.2 Å². The number of carbonyl (C=O) groups is 1. The summed E-state index contributed by atoms with van der Waals surface area (Å²) in [6.07, 6.45) is 3.75. The van der Waals surface area contributed by atoms with Gasteiger partial charge in [-0.2, -0.15) is 0 Å². The van der Waals surface area contributed by atoms with Crippen LogP contribution in [-0.4, -0.2) is 22.5 Å². The second kappa shape index (κ2) is 5.81. The van der Waals surface area contributed by atoms with E-state index in [1.807, 2.05) is 18.2 Å². The molecule has 0 aliphatic rings. The summed E-state index contributed by atoms with van der Waals surface area (Å²) in [6, 6.07) is 7.09. The molecule has 19 heavy (non-hydrogen) atoms. The number of primary amides is 1. The first kappa shape index (κ1) is 12.8. The van der Waals surface area contributed by atoms with E-state index >= 15 is 0 Å². The highest BCUT2D eigenvalue weighted by atomic mass is 16.5. The molecular formula is C13H14N4O2. The molecular weight excluding hydrogens is 244 g/mol. The highest BCUT2D eigenvalue weighted by Gasteiger charge is 2.11. The fraction of sp³-hybridized carbons (Fsp3) is 0.154. The SMILES string of the molecule is NC(=O)c1cc(N)cnc1OCCc1ccccn1. The number of carbonyl (C=O) groups excluding carboxylic acids is 1. The Bertz CT molecular complexity index is 572. The summed E-state index contributed by atoms with van der Waals surface area (Å²) >= 11 is 0. The topological polar surface area (TPSA) is 104 Å². The number of aromatic nitrogens is 2. The van der Waals surface area contributed by atoms with Crippen LogP contribution in [0.15, 0.2) is 36.7 Å². The molecule has 0 saturated carbocycles. The molecule has 0 fully saturated rings. The summed E-state index contributed by atoms with van der Waals surface area (Å²) in [5.41, 5.74) is 12.2. The fourth-order valence-corrected chi connectivity index (χ4v) is 1.56. The zero-order chi connectivity index (χ0) is 13.7. The van der Waals surface area contributed by atoms with Crippen LogP contribution in [-0.2, 0) is 6.42 Å².